The molecule has 2 aromatic heterocycles. The number of pyridine rings is 1. The van der Waals surface area contributed by atoms with E-state index in [2.05, 4.69) is 11.6 Å². The van der Waals surface area contributed by atoms with Crippen LogP contribution in [0.5, 0.6) is 0 Å². The van der Waals surface area contributed by atoms with E-state index in [0.29, 0.717) is 6.54 Å². The smallest absolute Gasteiger partial charge is 0.352 e. The molecule has 3 aromatic rings. The van der Waals surface area contributed by atoms with Crippen molar-refractivity contribution in [1.82, 2.24) is 9.55 Å². The van der Waals surface area contributed by atoms with Crippen molar-refractivity contribution < 1.29 is 9.90 Å². The topological polar surface area (TPSA) is 55.1 Å². The van der Waals surface area contributed by atoms with Gasteiger partial charge in [0.05, 0.1) is 12.2 Å². The zero-order chi connectivity index (χ0) is 16.6. The van der Waals surface area contributed by atoms with E-state index in [1.807, 2.05) is 44.2 Å². The average Bonchev–Trinajstić information content (AvgIpc) is 2.85. The van der Waals surface area contributed by atoms with Gasteiger partial charge in [0.15, 0.2) is 0 Å². The number of aryl methyl sites for hydroxylation is 1. The predicted molar refractivity (Wildman–Crippen MR) is 91.7 cm³/mol. The third-order valence-electron chi connectivity index (χ3n) is 3.91. The van der Waals surface area contributed by atoms with Crippen LogP contribution in [0.25, 0.3) is 16.5 Å². The van der Waals surface area contributed by atoms with Gasteiger partial charge in [-0.2, -0.15) is 0 Å². The van der Waals surface area contributed by atoms with Gasteiger partial charge in [0.1, 0.15) is 5.69 Å². The van der Waals surface area contributed by atoms with Crippen LogP contribution in [0, 0.1) is 6.92 Å². The summed E-state index contributed by atoms with van der Waals surface area (Å²) >= 11 is 0. The lowest BCUT2D eigenvalue weighted by atomic mass is 10.1. The Morgan fingerprint density at radius 1 is 1.26 bits per heavy atom. The third kappa shape index (κ3) is 2.88. The predicted octanol–water partition coefficient (Wildman–Crippen LogP) is 4.12. The Balaban J connectivity index is 2.11. The normalized spacial score (nSPS) is 10.9. The molecule has 0 fully saturated rings. The van der Waals surface area contributed by atoms with E-state index in [1.165, 1.54) is 0 Å². The highest BCUT2D eigenvalue weighted by Crippen LogP contribution is 2.23. The molecule has 0 bridgehead atoms. The summed E-state index contributed by atoms with van der Waals surface area (Å²) in [6.45, 7) is 8.29. The Morgan fingerprint density at radius 3 is 2.74 bits per heavy atom. The first kappa shape index (κ1) is 15.0. The zero-order valence-electron chi connectivity index (χ0n) is 13.2. The summed E-state index contributed by atoms with van der Waals surface area (Å²) in [4.78, 5) is 16.0. The molecule has 0 amide bonds. The molecule has 3 rings (SSSR count). The largest absolute Gasteiger partial charge is 0.477 e. The van der Waals surface area contributed by atoms with E-state index in [0.717, 1.165) is 33.3 Å². The molecule has 0 spiro atoms. The van der Waals surface area contributed by atoms with Crippen LogP contribution in [0.4, 0.5) is 0 Å². The van der Waals surface area contributed by atoms with E-state index >= 15 is 0 Å². The number of benzene rings is 1. The molecule has 4 nitrogen and oxygen atoms in total. The number of allylic oxidation sites excluding steroid dienone is 1. The van der Waals surface area contributed by atoms with Crippen LogP contribution < -0.4 is 0 Å². The second kappa shape index (κ2) is 5.72. The molecule has 0 aliphatic rings. The lowest BCUT2D eigenvalue weighted by Crippen LogP contribution is -2.10. The Bertz CT molecular complexity index is 922. The number of hydrogen-bond donors (Lipinski definition) is 1. The summed E-state index contributed by atoms with van der Waals surface area (Å²) in [6, 6.07) is 11.5. The molecule has 1 aromatic carbocycles. The van der Waals surface area contributed by atoms with Crippen molar-refractivity contribution in [2.45, 2.75) is 20.4 Å². The minimum absolute atomic E-state index is 0.271. The molecule has 2 heterocycles. The number of carboxylic acid groups (broad SMARTS) is 1. The minimum Gasteiger partial charge on any atom is -0.477 e. The molecule has 0 saturated heterocycles. The molecule has 4 heteroatoms. The summed E-state index contributed by atoms with van der Waals surface area (Å²) in [5.41, 5.74) is 5.06. The van der Waals surface area contributed by atoms with E-state index in [9.17, 15) is 9.90 Å². The van der Waals surface area contributed by atoms with E-state index < -0.39 is 5.97 Å². The number of fused-ring (bicyclic) bond motifs is 1. The third-order valence-corrected chi connectivity index (χ3v) is 3.91. The van der Waals surface area contributed by atoms with Gasteiger partial charge in [0.25, 0.3) is 0 Å². The quantitative estimate of drug-likeness (QED) is 0.788. The Kier molecular flexibility index (Phi) is 3.74. The van der Waals surface area contributed by atoms with Gasteiger partial charge in [-0.05, 0) is 49.7 Å². The van der Waals surface area contributed by atoms with Crippen molar-refractivity contribution in [3.05, 3.63) is 71.7 Å². The Hall–Kier alpha value is -2.88. The second-order valence-electron chi connectivity index (χ2n) is 5.80. The van der Waals surface area contributed by atoms with Crippen molar-refractivity contribution in [2.75, 3.05) is 0 Å². The molecule has 0 unspecified atom stereocenters. The van der Waals surface area contributed by atoms with E-state index in [1.54, 1.807) is 16.8 Å². The van der Waals surface area contributed by atoms with Gasteiger partial charge < -0.3 is 9.67 Å². The van der Waals surface area contributed by atoms with Crippen molar-refractivity contribution in [2.24, 2.45) is 0 Å². The van der Waals surface area contributed by atoms with Crippen LogP contribution in [-0.2, 0) is 6.54 Å². The summed E-state index contributed by atoms with van der Waals surface area (Å²) in [6.07, 6.45) is 1.73. The lowest BCUT2D eigenvalue weighted by molar-refractivity contribution is 0.0686. The number of aromatic nitrogens is 2. The molecule has 0 aliphatic carbocycles. The van der Waals surface area contributed by atoms with Crippen molar-refractivity contribution >= 4 is 22.4 Å². The molecule has 1 N–H and O–H groups in total. The molecule has 0 atom stereocenters. The van der Waals surface area contributed by atoms with E-state index in [4.69, 9.17) is 0 Å². The molecule has 0 saturated carbocycles. The second-order valence-corrected chi connectivity index (χ2v) is 5.80. The molecule has 23 heavy (non-hydrogen) atoms. The van der Waals surface area contributed by atoms with Crippen LogP contribution in [0.15, 0.2) is 49.2 Å². The molecule has 0 radical (unpaired) electrons. The van der Waals surface area contributed by atoms with Gasteiger partial charge in [0, 0.05) is 17.1 Å². The van der Waals surface area contributed by atoms with Gasteiger partial charge in [-0.3, -0.25) is 4.98 Å². The fourth-order valence-corrected chi connectivity index (χ4v) is 2.73. The summed E-state index contributed by atoms with van der Waals surface area (Å²) in [5, 5.41) is 10.4. The van der Waals surface area contributed by atoms with Gasteiger partial charge in [-0.15, -0.1) is 0 Å². The van der Waals surface area contributed by atoms with Gasteiger partial charge in [-0.1, -0.05) is 23.8 Å². The monoisotopic (exact) mass is 306 g/mol. The average molecular weight is 306 g/mol. The summed E-state index contributed by atoms with van der Waals surface area (Å²) in [5.74, 6) is -0.935. The number of carboxylic acids is 1. The Labute approximate surface area is 134 Å². The molecule has 116 valence electrons. The fraction of sp³-hybridized carbons (Fsp3) is 0.158. The van der Waals surface area contributed by atoms with Crippen LogP contribution in [0.1, 0.15) is 34.2 Å². The number of nitrogens with zero attached hydrogens (tertiary/aromatic N) is 2. The number of carbonyl (C=O) groups is 1. The van der Waals surface area contributed by atoms with Crippen molar-refractivity contribution in [3.63, 3.8) is 0 Å². The summed E-state index contributed by atoms with van der Waals surface area (Å²) < 4.78 is 1.79. The van der Waals surface area contributed by atoms with Gasteiger partial charge in [-0.25, -0.2) is 4.79 Å². The maximum absolute atomic E-state index is 11.6. The van der Waals surface area contributed by atoms with Crippen LogP contribution >= 0.6 is 0 Å². The number of rotatable bonds is 4. The van der Waals surface area contributed by atoms with Gasteiger partial charge >= 0.3 is 5.97 Å². The van der Waals surface area contributed by atoms with Crippen molar-refractivity contribution in [1.29, 1.82) is 0 Å². The maximum Gasteiger partial charge on any atom is 0.352 e. The van der Waals surface area contributed by atoms with Crippen molar-refractivity contribution in [3.8, 4) is 0 Å². The highest BCUT2D eigenvalue weighted by atomic mass is 16.4. The first-order valence-electron chi connectivity index (χ1n) is 7.39. The van der Waals surface area contributed by atoms with Crippen LogP contribution in [0.3, 0.4) is 0 Å². The zero-order valence-corrected chi connectivity index (χ0v) is 13.2. The molecule has 0 aliphatic heterocycles. The number of aromatic carboxylic acids is 1. The first-order valence-corrected chi connectivity index (χ1v) is 7.39. The minimum atomic E-state index is -0.935. The SMILES string of the molecule is C=C(C)c1ccnc(Cn2c(C(=O)O)cc3cc(C)ccc32)c1. The fourth-order valence-electron chi connectivity index (χ4n) is 2.73. The molecular weight excluding hydrogens is 288 g/mol. The van der Waals surface area contributed by atoms with Gasteiger partial charge in [0.2, 0.25) is 0 Å². The summed E-state index contributed by atoms with van der Waals surface area (Å²) in [7, 11) is 0. The van der Waals surface area contributed by atoms with Crippen LogP contribution in [0.2, 0.25) is 0 Å². The highest BCUT2D eigenvalue weighted by molar-refractivity contribution is 5.94. The van der Waals surface area contributed by atoms with E-state index in [-0.39, 0.29) is 5.69 Å². The van der Waals surface area contributed by atoms with Crippen LogP contribution in [-0.4, -0.2) is 20.6 Å². The lowest BCUT2D eigenvalue weighted by Gasteiger charge is -2.09. The number of hydrogen-bond acceptors (Lipinski definition) is 2. The molecular formula is C19H18N2O2. The maximum atomic E-state index is 11.6. The standard InChI is InChI=1S/C19H18N2O2/c1-12(2)14-6-7-20-16(9-14)11-21-17-5-4-13(3)8-15(17)10-18(21)19(22)23/h4-10H,1,11H2,2-3H3,(H,22,23). The first-order chi connectivity index (χ1) is 11.0. The Morgan fingerprint density at radius 2 is 2.04 bits per heavy atom. The highest BCUT2D eigenvalue weighted by Gasteiger charge is 2.15.